The molecule has 1 heterocycles. The van der Waals surface area contributed by atoms with Crippen LogP contribution in [0.4, 0.5) is 0 Å². The predicted octanol–water partition coefficient (Wildman–Crippen LogP) is -0.968. The lowest BCUT2D eigenvalue weighted by atomic mass is 10.1. The Morgan fingerprint density at radius 2 is 1.63 bits per heavy atom. The van der Waals surface area contributed by atoms with Crippen molar-refractivity contribution in [2.45, 2.75) is 58.0 Å². The van der Waals surface area contributed by atoms with E-state index in [2.05, 4.69) is 41.3 Å². The van der Waals surface area contributed by atoms with E-state index in [-0.39, 0.29) is 30.9 Å². The summed E-state index contributed by atoms with van der Waals surface area (Å²) in [4.78, 5) is 41.2. The monoisotopic (exact) mass is 527 g/mol. The standard InChI is InChI=1S/C24H37N11O3/c1-16-32-34-22(35-33-16)18-10-8-17(9-11-18)14-30-23(38)19(6-5-13-28-24(26)27)31-21(37)15-29-20(36)7-3-2-4-12-25/h8-11,19H,2-7,12-15,25H2,1H3,(H,29,36)(H,30,38)(H,31,37)(H4,26,27,28)/t19-/m0/s1. The first-order chi connectivity index (χ1) is 18.3. The number of benzene rings is 1. The number of hydrogen-bond donors (Lipinski definition) is 6. The van der Waals surface area contributed by atoms with E-state index in [0.29, 0.717) is 50.4 Å². The molecule has 0 fully saturated rings. The van der Waals surface area contributed by atoms with Gasteiger partial charge >= 0.3 is 0 Å². The third-order valence-electron chi connectivity index (χ3n) is 5.41. The molecule has 2 rings (SSSR count). The predicted molar refractivity (Wildman–Crippen MR) is 142 cm³/mol. The molecule has 0 radical (unpaired) electrons. The molecule has 0 saturated heterocycles. The topological polar surface area (TPSA) is 229 Å². The number of unbranched alkanes of at least 4 members (excludes halogenated alkanes) is 2. The van der Waals surface area contributed by atoms with Crippen LogP contribution in [0.2, 0.25) is 0 Å². The van der Waals surface area contributed by atoms with Gasteiger partial charge in [0.2, 0.25) is 23.5 Å². The minimum absolute atomic E-state index is 0.0461. The van der Waals surface area contributed by atoms with Gasteiger partial charge in [0.1, 0.15) is 6.04 Å². The summed E-state index contributed by atoms with van der Waals surface area (Å²) in [5.41, 5.74) is 17.7. The molecule has 9 N–H and O–H groups in total. The molecule has 0 unspecified atom stereocenters. The number of amides is 3. The van der Waals surface area contributed by atoms with Crippen molar-refractivity contribution < 1.29 is 14.4 Å². The third kappa shape index (κ3) is 11.7. The SMILES string of the molecule is Cc1nnc(-c2ccc(CNC(=O)[C@H](CCCN=C(N)N)NC(=O)CNC(=O)CCCCCN)cc2)nn1. The Balaban J connectivity index is 1.89. The molecule has 0 spiro atoms. The van der Waals surface area contributed by atoms with Crippen molar-refractivity contribution in [2.75, 3.05) is 19.6 Å². The number of hydrogen-bond acceptors (Lipinski definition) is 9. The van der Waals surface area contributed by atoms with E-state index in [1.54, 1.807) is 6.92 Å². The maximum absolute atomic E-state index is 12.9. The van der Waals surface area contributed by atoms with Crippen molar-refractivity contribution in [3.05, 3.63) is 35.7 Å². The van der Waals surface area contributed by atoms with Crippen LogP contribution in [0.15, 0.2) is 29.3 Å². The van der Waals surface area contributed by atoms with E-state index in [9.17, 15) is 14.4 Å². The number of aliphatic imine (C=N–C) groups is 1. The Bertz CT molecular complexity index is 1060. The zero-order valence-corrected chi connectivity index (χ0v) is 21.7. The molecule has 0 saturated carbocycles. The molecule has 0 bridgehead atoms. The van der Waals surface area contributed by atoms with Gasteiger partial charge in [-0.25, -0.2) is 0 Å². The Morgan fingerprint density at radius 1 is 0.921 bits per heavy atom. The van der Waals surface area contributed by atoms with Gasteiger partial charge < -0.3 is 33.2 Å². The van der Waals surface area contributed by atoms with Gasteiger partial charge in [-0.2, -0.15) is 0 Å². The van der Waals surface area contributed by atoms with Crippen molar-refractivity contribution in [1.29, 1.82) is 0 Å². The highest BCUT2D eigenvalue weighted by Gasteiger charge is 2.20. The number of aryl methyl sites for hydroxylation is 1. The summed E-state index contributed by atoms with van der Waals surface area (Å²) in [5.74, 6) is -0.221. The minimum Gasteiger partial charge on any atom is -0.370 e. The van der Waals surface area contributed by atoms with Gasteiger partial charge in [0.25, 0.3) is 0 Å². The number of rotatable bonds is 16. The van der Waals surface area contributed by atoms with E-state index >= 15 is 0 Å². The van der Waals surface area contributed by atoms with Crippen molar-refractivity contribution >= 4 is 23.7 Å². The van der Waals surface area contributed by atoms with Crippen LogP contribution in [0.25, 0.3) is 11.4 Å². The molecule has 2 aromatic rings. The molecule has 14 heteroatoms. The van der Waals surface area contributed by atoms with Crippen LogP contribution in [0.1, 0.15) is 49.9 Å². The normalized spacial score (nSPS) is 11.3. The summed E-state index contributed by atoms with van der Waals surface area (Å²) < 4.78 is 0. The van der Waals surface area contributed by atoms with E-state index < -0.39 is 11.9 Å². The summed E-state index contributed by atoms with van der Waals surface area (Å²) in [6, 6.07) is 6.45. The summed E-state index contributed by atoms with van der Waals surface area (Å²) in [6.07, 6.45) is 3.50. The lowest BCUT2D eigenvalue weighted by Crippen LogP contribution is -2.49. The average Bonchev–Trinajstić information content (AvgIpc) is 2.91. The maximum atomic E-state index is 12.9. The Hall–Kier alpha value is -4.20. The number of aromatic nitrogens is 4. The quantitative estimate of drug-likeness (QED) is 0.0888. The second-order valence-electron chi connectivity index (χ2n) is 8.63. The van der Waals surface area contributed by atoms with E-state index in [1.165, 1.54) is 0 Å². The molecule has 3 amide bonds. The molecule has 0 aliphatic heterocycles. The van der Waals surface area contributed by atoms with E-state index in [0.717, 1.165) is 24.0 Å². The molecule has 14 nitrogen and oxygen atoms in total. The molecule has 1 aromatic heterocycles. The first-order valence-corrected chi connectivity index (χ1v) is 12.5. The Labute approximate surface area is 221 Å². The summed E-state index contributed by atoms with van der Waals surface area (Å²) >= 11 is 0. The summed E-state index contributed by atoms with van der Waals surface area (Å²) in [6.45, 7) is 2.62. The van der Waals surface area contributed by atoms with Gasteiger partial charge in [-0.1, -0.05) is 30.7 Å². The first-order valence-electron chi connectivity index (χ1n) is 12.5. The maximum Gasteiger partial charge on any atom is 0.242 e. The first kappa shape index (κ1) is 30.0. The van der Waals surface area contributed by atoms with Crippen LogP contribution in [-0.4, -0.2) is 69.8 Å². The number of carbonyl (C=O) groups is 3. The molecular formula is C24H37N11O3. The summed E-state index contributed by atoms with van der Waals surface area (Å²) in [5, 5.41) is 23.9. The largest absolute Gasteiger partial charge is 0.370 e. The Kier molecular flexibility index (Phi) is 13.1. The Morgan fingerprint density at radius 3 is 2.29 bits per heavy atom. The van der Waals surface area contributed by atoms with Gasteiger partial charge in [-0.05, 0) is 44.7 Å². The second-order valence-corrected chi connectivity index (χ2v) is 8.63. The fourth-order valence-electron chi connectivity index (χ4n) is 3.37. The summed E-state index contributed by atoms with van der Waals surface area (Å²) in [7, 11) is 0. The molecule has 0 aliphatic rings. The zero-order chi connectivity index (χ0) is 27.8. The smallest absolute Gasteiger partial charge is 0.242 e. The highest BCUT2D eigenvalue weighted by Crippen LogP contribution is 2.14. The molecule has 1 atom stereocenters. The zero-order valence-electron chi connectivity index (χ0n) is 21.7. The average molecular weight is 528 g/mol. The highest BCUT2D eigenvalue weighted by atomic mass is 16.2. The second kappa shape index (κ2) is 16.5. The van der Waals surface area contributed by atoms with Crippen LogP contribution in [-0.2, 0) is 20.9 Å². The molecule has 1 aromatic carbocycles. The lowest BCUT2D eigenvalue weighted by molar-refractivity contribution is -0.130. The van der Waals surface area contributed by atoms with Gasteiger partial charge in [0.15, 0.2) is 11.8 Å². The molecule has 38 heavy (non-hydrogen) atoms. The van der Waals surface area contributed by atoms with Crippen LogP contribution in [0.5, 0.6) is 0 Å². The van der Waals surface area contributed by atoms with Crippen molar-refractivity contribution in [2.24, 2.45) is 22.2 Å². The number of nitrogens with two attached hydrogens (primary N) is 3. The number of nitrogens with one attached hydrogen (secondary N) is 3. The van der Waals surface area contributed by atoms with Gasteiger partial charge in [-0.15, -0.1) is 20.4 Å². The molecule has 0 aliphatic carbocycles. The number of guanidine groups is 1. The minimum atomic E-state index is -0.824. The number of nitrogens with zero attached hydrogens (tertiary/aromatic N) is 5. The molecular weight excluding hydrogens is 490 g/mol. The third-order valence-corrected chi connectivity index (χ3v) is 5.41. The van der Waals surface area contributed by atoms with Crippen molar-refractivity contribution in [1.82, 2.24) is 36.3 Å². The van der Waals surface area contributed by atoms with Crippen LogP contribution < -0.4 is 33.2 Å². The van der Waals surface area contributed by atoms with Crippen molar-refractivity contribution in [3.8, 4) is 11.4 Å². The van der Waals surface area contributed by atoms with E-state index in [4.69, 9.17) is 17.2 Å². The van der Waals surface area contributed by atoms with Gasteiger partial charge in [0.05, 0.1) is 6.54 Å². The molecule has 206 valence electrons. The number of carbonyl (C=O) groups excluding carboxylic acids is 3. The van der Waals surface area contributed by atoms with Gasteiger partial charge in [0, 0.05) is 25.1 Å². The van der Waals surface area contributed by atoms with E-state index in [1.807, 2.05) is 24.3 Å². The fraction of sp³-hybridized carbons (Fsp3) is 0.500. The van der Waals surface area contributed by atoms with Crippen LogP contribution in [0, 0.1) is 6.92 Å². The van der Waals surface area contributed by atoms with Crippen molar-refractivity contribution in [3.63, 3.8) is 0 Å². The van der Waals surface area contributed by atoms with Crippen LogP contribution >= 0.6 is 0 Å². The lowest BCUT2D eigenvalue weighted by Gasteiger charge is -2.18. The fourth-order valence-corrected chi connectivity index (χ4v) is 3.37. The highest BCUT2D eigenvalue weighted by molar-refractivity contribution is 5.90. The van der Waals surface area contributed by atoms with Gasteiger partial charge in [-0.3, -0.25) is 19.4 Å². The van der Waals surface area contributed by atoms with Crippen LogP contribution in [0.3, 0.4) is 0 Å².